The Balaban J connectivity index is 1.67. The number of amides is 1. The van der Waals surface area contributed by atoms with E-state index in [9.17, 15) is 4.79 Å². The molecule has 0 spiro atoms. The lowest BCUT2D eigenvalue weighted by Gasteiger charge is -2.22. The largest absolute Gasteiger partial charge is 0.454 e. The third kappa shape index (κ3) is 2.92. The van der Waals surface area contributed by atoms with Crippen molar-refractivity contribution >= 4 is 5.91 Å². The van der Waals surface area contributed by atoms with Crippen LogP contribution >= 0.6 is 0 Å². The Hall–Kier alpha value is -2.08. The van der Waals surface area contributed by atoms with Gasteiger partial charge in [0.1, 0.15) is 5.76 Å². The van der Waals surface area contributed by atoms with Gasteiger partial charge < -0.3 is 18.8 Å². The molecule has 0 radical (unpaired) electrons. The van der Waals surface area contributed by atoms with Gasteiger partial charge in [-0.3, -0.25) is 4.79 Å². The lowest BCUT2D eigenvalue weighted by atomic mass is 10.1. The number of carbonyl (C=O) groups is 1. The molecule has 0 saturated carbocycles. The van der Waals surface area contributed by atoms with Crippen molar-refractivity contribution in [2.75, 3.05) is 27.2 Å². The molecule has 22 heavy (non-hydrogen) atoms. The first-order valence-corrected chi connectivity index (χ1v) is 7.54. The molecular formula is C16H22N4O2. The van der Waals surface area contributed by atoms with E-state index in [4.69, 9.17) is 4.42 Å². The summed E-state index contributed by atoms with van der Waals surface area (Å²) in [5.41, 5.74) is 0. The molecule has 2 aromatic rings. The van der Waals surface area contributed by atoms with Crippen molar-refractivity contribution in [3.8, 4) is 0 Å². The molecule has 6 heteroatoms. The maximum Gasteiger partial charge on any atom is 0.289 e. The van der Waals surface area contributed by atoms with E-state index in [2.05, 4.69) is 30.9 Å². The van der Waals surface area contributed by atoms with Crippen LogP contribution in [0.4, 0.5) is 0 Å². The zero-order valence-corrected chi connectivity index (χ0v) is 13.3. The Labute approximate surface area is 130 Å². The number of nitrogens with zero attached hydrogens (tertiary/aromatic N) is 4. The number of carbonyl (C=O) groups excluding carboxylic acids is 1. The quantitative estimate of drug-likeness (QED) is 0.860. The summed E-state index contributed by atoms with van der Waals surface area (Å²) < 4.78 is 7.62. The minimum Gasteiger partial charge on any atom is -0.454 e. The van der Waals surface area contributed by atoms with Crippen LogP contribution in [0, 0.1) is 5.92 Å². The second-order valence-corrected chi connectivity index (χ2v) is 6.22. The van der Waals surface area contributed by atoms with Gasteiger partial charge in [0.15, 0.2) is 5.76 Å². The number of likely N-dealkylation sites (N-methyl/N-ethyl adjacent to an activating group) is 1. The average molecular weight is 302 g/mol. The van der Waals surface area contributed by atoms with Crippen LogP contribution in [0.25, 0.3) is 0 Å². The molecule has 3 rings (SSSR count). The monoisotopic (exact) mass is 302 g/mol. The zero-order chi connectivity index (χ0) is 15.7. The number of imidazole rings is 1. The average Bonchev–Trinajstić information content (AvgIpc) is 3.19. The molecule has 6 nitrogen and oxygen atoms in total. The summed E-state index contributed by atoms with van der Waals surface area (Å²) in [6.45, 7) is 4.30. The Morgan fingerprint density at radius 2 is 2.23 bits per heavy atom. The van der Waals surface area contributed by atoms with Crippen molar-refractivity contribution in [3.05, 3.63) is 42.4 Å². The first-order chi connectivity index (χ1) is 10.5. The van der Waals surface area contributed by atoms with Crippen LogP contribution in [0.15, 0.2) is 35.3 Å². The number of furan rings is 1. The second kappa shape index (κ2) is 5.96. The van der Waals surface area contributed by atoms with Gasteiger partial charge in [-0.1, -0.05) is 6.92 Å². The third-order valence-electron chi connectivity index (χ3n) is 4.29. The van der Waals surface area contributed by atoms with Gasteiger partial charge in [0, 0.05) is 31.5 Å². The standard InChI is InChI=1S/C16H22N4O2/c1-12-8-20(10-14(12)18(2)3)16(21)15-5-4-13(22-15)9-19-7-6-17-11-19/h4-7,11-12,14H,8-10H2,1-3H3/t12-,14-/m0/s1. The fraction of sp³-hybridized carbons (Fsp3) is 0.500. The molecule has 0 aliphatic carbocycles. The molecule has 1 aliphatic heterocycles. The summed E-state index contributed by atoms with van der Waals surface area (Å²) in [5, 5.41) is 0. The Kier molecular flexibility index (Phi) is 4.02. The van der Waals surface area contributed by atoms with Gasteiger partial charge in [-0.05, 0) is 32.1 Å². The van der Waals surface area contributed by atoms with Crippen molar-refractivity contribution in [3.63, 3.8) is 0 Å². The molecule has 118 valence electrons. The van der Waals surface area contributed by atoms with Gasteiger partial charge in [-0.15, -0.1) is 0 Å². The van der Waals surface area contributed by atoms with Crippen molar-refractivity contribution in [2.45, 2.75) is 19.5 Å². The summed E-state index contributed by atoms with van der Waals surface area (Å²) in [7, 11) is 4.12. The van der Waals surface area contributed by atoms with Gasteiger partial charge >= 0.3 is 0 Å². The van der Waals surface area contributed by atoms with E-state index < -0.39 is 0 Å². The molecule has 0 unspecified atom stereocenters. The summed E-state index contributed by atoms with van der Waals surface area (Å²) in [6, 6.07) is 4.03. The van der Waals surface area contributed by atoms with Crippen LogP contribution in [-0.4, -0.2) is 58.5 Å². The predicted molar refractivity (Wildman–Crippen MR) is 82.6 cm³/mol. The van der Waals surface area contributed by atoms with E-state index in [1.54, 1.807) is 18.6 Å². The van der Waals surface area contributed by atoms with Gasteiger partial charge in [0.2, 0.25) is 0 Å². The molecule has 1 aliphatic rings. The van der Waals surface area contributed by atoms with E-state index in [0.29, 0.717) is 24.3 Å². The Morgan fingerprint density at radius 3 is 2.86 bits per heavy atom. The van der Waals surface area contributed by atoms with E-state index in [0.717, 1.165) is 18.8 Å². The first kappa shape index (κ1) is 14.8. The fourth-order valence-electron chi connectivity index (χ4n) is 3.08. The molecule has 1 saturated heterocycles. The van der Waals surface area contributed by atoms with Gasteiger partial charge in [-0.2, -0.15) is 0 Å². The lowest BCUT2D eigenvalue weighted by molar-refractivity contribution is 0.0747. The number of hydrogen-bond donors (Lipinski definition) is 0. The summed E-state index contributed by atoms with van der Waals surface area (Å²) in [6.07, 6.45) is 5.32. The van der Waals surface area contributed by atoms with Crippen LogP contribution in [0.1, 0.15) is 23.2 Å². The van der Waals surface area contributed by atoms with E-state index in [-0.39, 0.29) is 5.91 Å². The van der Waals surface area contributed by atoms with E-state index in [1.807, 2.05) is 21.7 Å². The minimum atomic E-state index is -0.0203. The Morgan fingerprint density at radius 1 is 1.41 bits per heavy atom. The van der Waals surface area contributed by atoms with Crippen molar-refractivity contribution in [2.24, 2.45) is 5.92 Å². The molecular weight excluding hydrogens is 280 g/mol. The van der Waals surface area contributed by atoms with Crippen molar-refractivity contribution in [1.82, 2.24) is 19.4 Å². The maximum atomic E-state index is 12.6. The molecule has 1 fully saturated rings. The van der Waals surface area contributed by atoms with E-state index >= 15 is 0 Å². The number of aromatic nitrogens is 2. The van der Waals surface area contributed by atoms with Crippen molar-refractivity contribution in [1.29, 1.82) is 0 Å². The summed E-state index contributed by atoms with van der Waals surface area (Å²) in [5.74, 6) is 1.63. The molecule has 0 aromatic carbocycles. The fourth-order valence-corrected chi connectivity index (χ4v) is 3.08. The molecule has 2 atom stereocenters. The zero-order valence-electron chi connectivity index (χ0n) is 13.3. The van der Waals surface area contributed by atoms with Crippen LogP contribution in [-0.2, 0) is 6.54 Å². The number of likely N-dealkylation sites (tertiary alicyclic amines) is 1. The van der Waals surface area contributed by atoms with Crippen LogP contribution in [0.2, 0.25) is 0 Å². The van der Waals surface area contributed by atoms with Gasteiger partial charge in [0.25, 0.3) is 5.91 Å². The molecule has 0 bridgehead atoms. The van der Waals surface area contributed by atoms with Crippen LogP contribution in [0.3, 0.4) is 0 Å². The van der Waals surface area contributed by atoms with E-state index in [1.165, 1.54) is 0 Å². The first-order valence-electron chi connectivity index (χ1n) is 7.54. The highest BCUT2D eigenvalue weighted by Gasteiger charge is 2.34. The van der Waals surface area contributed by atoms with Gasteiger partial charge in [0.05, 0.1) is 12.9 Å². The van der Waals surface area contributed by atoms with Crippen molar-refractivity contribution < 1.29 is 9.21 Å². The molecule has 0 N–H and O–H groups in total. The highest BCUT2D eigenvalue weighted by Crippen LogP contribution is 2.22. The maximum absolute atomic E-state index is 12.6. The van der Waals surface area contributed by atoms with Crippen LogP contribution < -0.4 is 0 Å². The summed E-state index contributed by atoms with van der Waals surface area (Å²) >= 11 is 0. The highest BCUT2D eigenvalue weighted by molar-refractivity contribution is 5.91. The predicted octanol–water partition coefficient (Wildman–Crippen LogP) is 1.55. The Bertz CT molecular complexity index is 632. The topological polar surface area (TPSA) is 54.5 Å². The number of rotatable bonds is 4. The molecule has 1 amide bonds. The summed E-state index contributed by atoms with van der Waals surface area (Å²) in [4.78, 5) is 20.6. The number of hydrogen-bond acceptors (Lipinski definition) is 4. The smallest absolute Gasteiger partial charge is 0.289 e. The molecule has 2 aromatic heterocycles. The SMILES string of the molecule is C[C@H]1CN(C(=O)c2ccc(Cn3ccnc3)o2)C[C@@H]1N(C)C. The second-order valence-electron chi connectivity index (χ2n) is 6.22. The normalized spacial score (nSPS) is 21.7. The molecule has 3 heterocycles. The minimum absolute atomic E-state index is 0.0203. The third-order valence-corrected chi connectivity index (χ3v) is 4.29. The van der Waals surface area contributed by atoms with Crippen LogP contribution in [0.5, 0.6) is 0 Å². The highest BCUT2D eigenvalue weighted by atomic mass is 16.4. The lowest BCUT2D eigenvalue weighted by Crippen LogP contribution is -2.35. The van der Waals surface area contributed by atoms with Gasteiger partial charge in [-0.25, -0.2) is 4.98 Å².